The number of hydrogen-bond donors (Lipinski definition) is 0. The summed E-state index contributed by atoms with van der Waals surface area (Å²) in [6.07, 6.45) is 1.98. The summed E-state index contributed by atoms with van der Waals surface area (Å²) in [4.78, 5) is 27.9. The van der Waals surface area contributed by atoms with Gasteiger partial charge >= 0.3 is 5.97 Å². The van der Waals surface area contributed by atoms with Crippen LogP contribution in [0.15, 0.2) is 41.8 Å². The van der Waals surface area contributed by atoms with Crippen LogP contribution in [-0.4, -0.2) is 55.9 Å². The van der Waals surface area contributed by atoms with Crippen molar-refractivity contribution in [1.29, 1.82) is 0 Å². The smallest absolute Gasteiger partial charge is 0.340 e. The number of hydrogen-bond acceptors (Lipinski definition) is 6. The number of esters is 1. The molecule has 0 aliphatic carbocycles. The van der Waals surface area contributed by atoms with Gasteiger partial charge in [-0.3, -0.25) is 4.79 Å². The standard InChI is InChI=1S/C23H26FNO5S2/c1-16(2)13-25(19-9-11-32(28,29)15-19)22(26)14-30-23(27)20(21-4-3-10-31-21)12-17-5-7-18(24)8-6-17/h3-8,10,12,16,19H,9,11,13-15H2,1-2H3/b20-12+. The maximum Gasteiger partial charge on any atom is 0.340 e. The zero-order chi connectivity index (χ0) is 23.3. The van der Waals surface area contributed by atoms with E-state index in [4.69, 9.17) is 4.74 Å². The maximum atomic E-state index is 13.2. The number of rotatable bonds is 8. The van der Waals surface area contributed by atoms with Gasteiger partial charge in [0.25, 0.3) is 5.91 Å². The molecule has 3 rings (SSSR count). The number of amides is 1. The molecule has 1 amide bonds. The number of thiophene rings is 1. The molecule has 1 aromatic carbocycles. The zero-order valence-corrected chi connectivity index (χ0v) is 19.6. The Bertz CT molecular complexity index is 1080. The number of sulfone groups is 1. The minimum absolute atomic E-state index is 0.0578. The van der Waals surface area contributed by atoms with E-state index in [0.717, 1.165) is 0 Å². The summed E-state index contributed by atoms with van der Waals surface area (Å²) in [5.41, 5.74) is 0.883. The van der Waals surface area contributed by atoms with Crippen LogP contribution >= 0.6 is 11.3 Å². The Labute approximate surface area is 191 Å². The quantitative estimate of drug-likeness (QED) is 0.427. The molecule has 0 radical (unpaired) electrons. The fourth-order valence-corrected chi connectivity index (χ4v) is 6.01. The van der Waals surface area contributed by atoms with Crippen LogP contribution in [0.1, 0.15) is 30.7 Å². The lowest BCUT2D eigenvalue weighted by atomic mass is 10.1. The van der Waals surface area contributed by atoms with Gasteiger partial charge in [-0.15, -0.1) is 11.3 Å². The van der Waals surface area contributed by atoms with Crippen LogP contribution in [0.2, 0.25) is 0 Å². The summed E-state index contributed by atoms with van der Waals surface area (Å²) in [7, 11) is -3.16. The summed E-state index contributed by atoms with van der Waals surface area (Å²) < 4.78 is 42.3. The number of carbonyl (C=O) groups is 2. The van der Waals surface area contributed by atoms with Crippen LogP contribution in [-0.2, 0) is 24.2 Å². The second kappa shape index (κ2) is 10.4. The van der Waals surface area contributed by atoms with Crippen molar-refractivity contribution in [2.24, 2.45) is 5.92 Å². The SMILES string of the molecule is CC(C)CN(C(=O)COC(=O)/C(=C/c1ccc(F)cc1)c1cccs1)C1CCS(=O)(=O)C1. The van der Waals surface area contributed by atoms with Gasteiger partial charge in [0.2, 0.25) is 0 Å². The molecule has 2 heterocycles. The highest BCUT2D eigenvalue weighted by Gasteiger charge is 2.35. The Kier molecular flexibility index (Phi) is 7.84. The minimum atomic E-state index is -3.16. The van der Waals surface area contributed by atoms with Crippen LogP contribution < -0.4 is 0 Å². The van der Waals surface area contributed by atoms with Gasteiger partial charge in [0.1, 0.15) is 5.82 Å². The molecular weight excluding hydrogens is 453 g/mol. The fourth-order valence-electron chi connectivity index (χ4n) is 3.55. The van der Waals surface area contributed by atoms with E-state index >= 15 is 0 Å². The van der Waals surface area contributed by atoms with E-state index in [1.807, 2.05) is 19.2 Å². The van der Waals surface area contributed by atoms with Crippen LogP contribution in [0.5, 0.6) is 0 Å². The van der Waals surface area contributed by atoms with Gasteiger partial charge in [0.15, 0.2) is 16.4 Å². The van der Waals surface area contributed by atoms with Gasteiger partial charge in [-0.05, 0) is 47.6 Å². The molecule has 6 nitrogen and oxygen atoms in total. The average Bonchev–Trinajstić information content (AvgIpc) is 3.39. The van der Waals surface area contributed by atoms with Gasteiger partial charge in [-0.2, -0.15) is 0 Å². The summed E-state index contributed by atoms with van der Waals surface area (Å²) in [6, 6.07) is 8.84. The lowest BCUT2D eigenvalue weighted by molar-refractivity contribution is -0.148. The van der Waals surface area contributed by atoms with Gasteiger partial charge in [0, 0.05) is 17.5 Å². The Hall–Kier alpha value is -2.52. The summed E-state index contributed by atoms with van der Waals surface area (Å²) in [6.45, 7) is 3.79. The highest BCUT2D eigenvalue weighted by molar-refractivity contribution is 7.91. The Morgan fingerprint density at radius 1 is 1.25 bits per heavy atom. The zero-order valence-electron chi connectivity index (χ0n) is 18.0. The topological polar surface area (TPSA) is 80.8 Å². The largest absolute Gasteiger partial charge is 0.452 e. The second-order valence-corrected chi connectivity index (χ2v) is 11.3. The molecule has 1 atom stereocenters. The number of nitrogens with zero attached hydrogens (tertiary/aromatic N) is 1. The number of halogens is 1. The molecule has 2 aromatic rings. The summed E-state index contributed by atoms with van der Waals surface area (Å²) in [5.74, 6) is -1.34. The van der Waals surface area contributed by atoms with Crippen molar-refractivity contribution in [1.82, 2.24) is 4.90 Å². The molecule has 1 unspecified atom stereocenters. The van der Waals surface area contributed by atoms with Crippen molar-refractivity contribution in [3.05, 3.63) is 58.0 Å². The van der Waals surface area contributed by atoms with Crippen molar-refractivity contribution in [2.75, 3.05) is 24.7 Å². The molecule has 1 aliphatic heterocycles. The lowest BCUT2D eigenvalue weighted by Crippen LogP contribution is -2.45. The molecule has 172 valence electrons. The minimum Gasteiger partial charge on any atom is -0.452 e. The molecule has 1 saturated heterocycles. The first-order valence-corrected chi connectivity index (χ1v) is 13.0. The van der Waals surface area contributed by atoms with E-state index in [-0.39, 0.29) is 28.8 Å². The van der Waals surface area contributed by atoms with Crippen LogP contribution in [0.3, 0.4) is 0 Å². The Morgan fingerprint density at radius 3 is 2.53 bits per heavy atom. The van der Waals surface area contributed by atoms with Gasteiger partial charge in [0.05, 0.1) is 17.1 Å². The molecule has 32 heavy (non-hydrogen) atoms. The van der Waals surface area contributed by atoms with E-state index < -0.39 is 34.4 Å². The molecule has 1 aromatic heterocycles. The number of carbonyl (C=O) groups excluding carboxylic acids is 2. The molecule has 0 N–H and O–H groups in total. The van der Waals surface area contributed by atoms with Crippen LogP contribution in [0, 0.1) is 11.7 Å². The molecule has 1 fully saturated rings. The van der Waals surface area contributed by atoms with Crippen LogP contribution in [0.4, 0.5) is 4.39 Å². The third-order valence-corrected chi connectivity index (χ3v) is 7.70. The first kappa shape index (κ1) is 24.1. The van der Waals surface area contributed by atoms with E-state index in [0.29, 0.717) is 23.4 Å². The van der Waals surface area contributed by atoms with Crippen molar-refractivity contribution in [3.8, 4) is 0 Å². The highest BCUT2D eigenvalue weighted by atomic mass is 32.2. The van der Waals surface area contributed by atoms with Crippen molar-refractivity contribution in [2.45, 2.75) is 26.3 Å². The van der Waals surface area contributed by atoms with E-state index in [1.54, 1.807) is 30.3 Å². The van der Waals surface area contributed by atoms with Crippen molar-refractivity contribution < 1.29 is 27.1 Å². The average molecular weight is 480 g/mol. The van der Waals surface area contributed by atoms with Gasteiger partial charge < -0.3 is 9.64 Å². The highest BCUT2D eigenvalue weighted by Crippen LogP contribution is 2.25. The predicted molar refractivity (Wildman–Crippen MR) is 123 cm³/mol. The third-order valence-electron chi connectivity index (χ3n) is 5.05. The van der Waals surface area contributed by atoms with Gasteiger partial charge in [-0.25, -0.2) is 17.6 Å². The summed E-state index contributed by atoms with van der Waals surface area (Å²) >= 11 is 1.35. The second-order valence-electron chi connectivity index (χ2n) is 8.16. The van der Waals surface area contributed by atoms with E-state index in [2.05, 4.69) is 0 Å². The predicted octanol–water partition coefficient (Wildman–Crippen LogP) is 3.64. The third kappa shape index (κ3) is 6.49. The fraction of sp³-hybridized carbons (Fsp3) is 0.391. The molecule has 9 heteroatoms. The normalized spacial score (nSPS) is 18.0. The van der Waals surface area contributed by atoms with E-state index in [1.165, 1.54) is 28.4 Å². The summed E-state index contributed by atoms with van der Waals surface area (Å²) in [5, 5.41) is 1.82. The molecule has 0 spiro atoms. The monoisotopic (exact) mass is 479 g/mol. The molecule has 0 saturated carbocycles. The van der Waals surface area contributed by atoms with Gasteiger partial charge in [-0.1, -0.05) is 32.0 Å². The lowest BCUT2D eigenvalue weighted by Gasteiger charge is -2.29. The first-order valence-electron chi connectivity index (χ1n) is 10.3. The number of benzene rings is 1. The number of ether oxygens (including phenoxy) is 1. The Morgan fingerprint density at radius 2 is 1.97 bits per heavy atom. The van der Waals surface area contributed by atoms with Crippen molar-refractivity contribution in [3.63, 3.8) is 0 Å². The Balaban J connectivity index is 1.74. The molecule has 1 aliphatic rings. The van der Waals surface area contributed by atoms with Crippen molar-refractivity contribution >= 4 is 44.7 Å². The molecule has 0 bridgehead atoms. The first-order chi connectivity index (χ1) is 15.1. The molecular formula is C23H26FNO5S2. The van der Waals surface area contributed by atoms with E-state index in [9.17, 15) is 22.4 Å². The van der Waals surface area contributed by atoms with Crippen LogP contribution in [0.25, 0.3) is 11.6 Å². The maximum absolute atomic E-state index is 13.2.